The molecule has 106 valence electrons. The van der Waals surface area contributed by atoms with Crippen molar-refractivity contribution in [2.75, 3.05) is 11.9 Å². The first-order chi connectivity index (χ1) is 9.60. The minimum Gasteiger partial charge on any atom is -0.394 e. The van der Waals surface area contributed by atoms with Crippen molar-refractivity contribution in [2.24, 2.45) is 0 Å². The summed E-state index contributed by atoms with van der Waals surface area (Å²) in [5.41, 5.74) is 2.54. The van der Waals surface area contributed by atoms with Crippen molar-refractivity contribution in [3.8, 4) is 0 Å². The number of hydrogen-bond donors (Lipinski definition) is 2. The second-order valence-electron chi connectivity index (χ2n) is 4.45. The van der Waals surface area contributed by atoms with Crippen molar-refractivity contribution < 1.29 is 10.0 Å². The number of aromatic nitrogens is 2. The van der Waals surface area contributed by atoms with E-state index >= 15 is 0 Å². The first-order valence-corrected chi connectivity index (χ1v) is 6.21. The summed E-state index contributed by atoms with van der Waals surface area (Å²) in [5.74, 6) is 0. The van der Waals surface area contributed by atoms with Gasteiger partial charge >= 0.3 is 0 Å². The van der Waals surface area contributed by atoms with E-state index in [0.717, 1.165) is 11.3 Å². The Morgan fingerprint density at radius 1 is 1.50 bits per heavy atom. The Labute approximate surface area is 116 Å². The Kier molecular flexibility index (Phi) is 4.31. The fourth-order valence-electron chi connectivity index (χ4n) is 1.90. The zero-order valence-electron chi connectivity index (χ0n) is 11.1. The van der Waals surface area contributed by atoms with Gasteiger partial charge in [-0.3, -0.25) is 14.8 Å². The topological polar surface area (TPSA) is 93.2 Å². The first kappa shape index (κ1) is 14.0. The maximum Gasteiger partial charge on any atom is 0.272 e. The first-order valence-electron chi connectivity index (χ1n) is 6.21. The lowest BCUT2D eigenvalue weighted by molar-refractivity contribution is -0.385. The van der Waals surface area contributed by atoms with Gasteiger partial charge in [0.1, 0.15) is 0 Å². The monoisotopic (exact) mass is 276 g/mol. The molecule has 0 aliphatic carbocycles. The van der Waals surface area contributed by atoms with Gasteiger partial charge in [-0.15, -0.1) is 0 Å². The fraction of sp³-hybridized carbons (Fsp3) is 0.308. The van der Waals surface area contributed by atoms with Gasteiger partial charge in [0.2, 0.25) is 0 Å². The van der Waals surface area contributed by atoms with Gasteiger partial charge in [0.25, 0.3) is 5.69 Å². The molecule has 2 aromatic rings. The van der Waals surface area contributed by atoms with Gasteiger partial charge in [-0.25, -0.2) is 0 Å². The molecule has 2 N–H and O–H groups in total. The van der Waals surface area contributed by atoms with Crippen LogP contribution in [0.1, 0.15) is 11.1 Å². The van der Waals surface area contributed by atoms with Crippen LogP contribution in [0.4, 0.5) is 11.4 Å². The van der Waals surface area contributed by atoms with E-state index in [2.05, 4.69) is 10.4 Å². The zero-order chi connectivity index (χ0) is 14.5. The van der Waals surface area contributed by atoms with E-state index in [-0.39, 0.29) is 12.3 Å². The van der Waals surface area contributed by atoms with Crippen molar-refractivity contribution in [1.29, 1.82) is 0 Å². The minimum atomic E-state index is -0.391. The predicted octanol–water partition coefficient (Wildman–Crippen LogP) is 1.70. The Hall–Kier alpha value is -2.41. The van der Waals surface area contributed by atoms with E-state index in [9.17, 15) is 10.1 Å². The lowest BCUT2D eigenvalue weighted by Gasteiger charge is -2.06. The van der Waals surface area contributed by atoms with Crippen molar-refractivity contribution in [2.45, 2.75) is 20.0 Å². The molecule has 0 radical (unpaired) electrons. The number of nitrogens with one attached hydrogen (secondary N) is 1. The average molecular weight is 276 g/mol. The Morgan fingerprint density at radius 2 is 2.30 bits per heavy atom. The van der Waals surface area contributed by atoms with Crippen LogP contribution in [0.5, 0.6) is 0 Å². The van der Waals surface area contributed by atoms with Crippen LogP contribution in [-0.4, -0.2) is 26.4 Å². The maximum absolute atomic E-state index is 10.7. The molecular formula is C13H16N4O3. The number of hydrogen-bond acceptors (Lipinski definition) is 5. The van der Waals surface area contributed by atoms with Crippen LogP contribution >= 0.6 is 0 Å². The summed E-state index contributed by atoms with van der Waals surface area (Å²) >= 11 is 0. The number of nitrogens with zero attached hydrogens (tertiary/aromatic N) is 3. The van der Waals surface area contributed by atoms with Crippen LogP contribution in [0.3, 0.4) is 0 Å². The van der Waals surface area contributed by atoms with Crippen LogP contribution < -0.4 is 5.32 Å². The minimum absolute atomic E-state index is 0.0517. The lowest BCUT2D eigenvalue weighted by Crippen LogP contribution is -2.02. The molecule has 1 aromatic heterocycles. The van der Waals surface area contributed by atoms with Crippen molar-refractivity contribution >= 4 is 11.4 Å². The van der Waals surface area contributed by atoms with Crippen LogP contribution in [0.15, 0.2) is 30.6 Å². The smallest absolute Gasteiger partial charge is 0.272 e. The van der Waals surface area contributed by atoms with Gasteiger partial charge in [-0.2, -0.15) is 5.10 Å². The van der Waals surface area contributed by atoms with Crippen molar-refractivity contribution in [3.05, 3.63) is 51.8 Å². The van der Waals surface area contributed by atoms with Gasteiger partial charge in [0.05, 0.1) is 24.3 Å². The number of aliphatic hydroxyl groups is 1. The molecule has 0 saturated heterocycles. The van der Waals surface area contributed by atoms with Crippen LogP contribution in [0.25, 0.3) is 0 Å². The summed E-state index contributed by atoms with van der Waals surface area (Å²) in [6, 6.07) is 4.92. The second-order valence-corrected chi connectivity index (χ2v) is 4.45. The highest BCUT2D eigenvalue weighted by atomic mass is 16.6. The van der Waals surface area contributed by atoms with E-state index < -0.39 is 4.92 Å². The van der Waals surface area contributed by atoms with E-state index in [4.69, 9.17) is 5.11 Å². The van der Waals surface area contributed by atoms with Gasteiger partial charge < -0.3 is 10.4 Å². The molecule has 0 fully saturated rings. The predicted molar refractivity (Wildman–Crippen MR) is 74.5 cm³/mol. The normalized spacial score (nSPS) is 10.5. The molecule has 1 aromatic carbocycles. The Balaban J connectivity index is 1.99. The number of rotatable bonds is 6. The van der Waals surface area contributed by atoms with Crippen LogP contribution in [0.2, 0.25) is 0 Å². The number of nitro benzene ring substituents is 1. The quantitative estimate of drug-likeness (QED) is 0.618. The van der Waals surface area contributed by atoms with E-state index in [0.29, 0.717) is 18.7 Å². The lowest BCUT2D eigenvalue weighted by atomic mass is 10.2. The van der Waals surface area contributed by atoms with Crippen molar-refractivity contribution in [3.63, 3.8) is 0 Å². The standard InChI is InChI=1S/C13H16N4O3/c1-10-6-12(2-3-13(10)17(19)20)14-7-11-8-15-16(9-11)4-5-18/h2-3,6,8-9,14,18H,4-5,7H2,1H3. The van der Waals surface area contributed by atoms with E-state index in [1.807, 2.05) is 6.20 Å². The SMILES string of the molecule is Cc1cc(NCc2cnn(CCO)c2)ccc1[N+](=O)[O-]. The number of benzene rings is 1. The summed E-state index contributed by atoms with van der Waals surface area (Å²) in [7, 11) is 0. The molecule has 7 nitrogen and oxygen atoms in total. The van der Waals surface area contributed by atoms with Crippen LogP contribution in [-0.2, 0) is 13.1 Å². The number of nitro groups is 1. The maximum atomic E-state index is 10.7. The molecule has 0 aliphatic rings. The molecule has 0 spiro atoms. The highest BCUT2D eigenvalue weighted by Crippen LogP contribution is 2.21. The largest absolute Gasteiger partial charge is 0.394 e. The summed E-state index contributed by atoms with van der Waals surface area (Å²) in [6.45, 7) is 2.80. The molecule has 0 atom stereocenters. The average Bonchev–Trinajstić information content (AvgIpc) is 2.84. The summed E-state index contributed by atoms with van der Waals surface area (Å²) in [4.78, 5) is 10.3. The third-order valence-electron chi connectivity index (χ3n) is 2.91. The fourth-order valence-corrected chi connectivity index (χ4v) is 1.90. The second kappa shape index (κ2) is 6.16. The molecular weight excluding hydrogens is 260 g/mol. The molecule has 7 heteroatoms. The van der Waals surface area contributed by atoms with Gasteiger partial charge in [-0.05, 0) is 19.1 Å². The third kappa shape index (κ3) is 3.33. The molecule has 20 heavy (non-hydrogen) atoms. The molecule has 0 bridgehead atoms. The molecule has 0 unspecified atom stereocenters. The number of anilines is 1. The summed E-state index contributed by atoms with van der Waals surface area (Å²) in [6.07, 6.45) is 3.57. The van der Waals surface area contributed by atoms with Crippen LogP contribution in [0, 0.1) is 17.0 Å². The number of aliphatic hydroxyl groups excluding tert-OH is 1. The zero-order valence-corrected chi connectivity index (χ0v) is 11.1. The van der Waals surface area contributed by atoms with Gasteiger partial charge in [-0.1, -0.05) is 0 Å². The molecule has 0 amide bonds. The third-order valence-corrected chi connectivity index (χ3v) is 2.91. The molecule has 0 aliphatic heterocycles. The van der Waals surface area contributed by atoms with Gasteiger partial charge in [0.15, 0.2) is 0 Å². The molecule has 1 heterocycles. The van der Waals surface area contributed by atoms with Gasteiger partial charge in [0, 0.05) is 35.6 Å². The molecule has 2 rings (SSSR count). The van der Waals surface area contributed by atoms with E-state index in [1.165, 1.54) is 6.07 Å². The molecule has 0 saturated carbocycles. The Bertz CT molecular complexity index is 609. The van der Waals surface area contributed by atoms with Crippen molar-refractivity contribution in [1.82, 2.24) is 9.78 Å². The Morgan fingerprint density at radius 3 is 2.95 bits per heavy atom. The number of aryl methyl sites for hydroxylation is 1. The highest BCUT2D eigenvalue weighted by Gasteiger charge is 2.09. The summed E-state index contributed by atoms with van der Waals surface area (Å²) < 4.78 is 1.66. The van der Waals surface area contributed by atoms with E-state index in [1.54, 1.807) is 29.9 Å². The highest BCUT2D eigenvalue weighted by molar-refractivity contribution is 5.53. The summed E-state index contributed by atoms with van der Waals surface area (Å²) in [5, 5.41) is 26.8.